The Bertz CT molecular complexity index is 640. The molecule has 2 N–H and O–H groups in total. The van der Waals surface area contributed by atoms with Gasteiger partial charge in [0.25, 0.3) is 0 Å². The molecule has 6 heteroatoms. The third-order valence-electron chi connectivity index (χ3n) is 2.13. The maximum atomic E-state index is 13.4. The molecule has 0 saturated carbocycles. The molecule has 90 valence electrons. The van der Waals surface area contributed by atoms with Crippen LogP contribution in [0.1, 0.15) is 5.56 Å². The second-order valence-electron chi connectivity index (χ2n) is 3.40. The third-order valence-corrected chi connectivity index (χ3v) is 2.74. The van der Waals surface area contributed by atoms with Crippen molar-refractivity contribution in [1.29, 1.82) is 5.26 Å². The fraction of sp³-hybridized carbons (Fsp3) is 0. The SMILES string of the molecule is N#Cc1ccnc(Oc2cc(F)c(Br)cc2N)c1. The highest BCUT2D eigenvalue weighted by atomic mass is 79.9. The van der Waals surface area contributed by atoms with Crippen molar-refractivity contribution in [3.05, 3.63) is 46.3 Å². The van der Waals surface area contributed by atoms with Gasteiger partial charge >= 0.3 is 0 Å². The number of nitrogens with two attached hydrogens (primary N) is 1. The van der Waals surface area contributed by atoms with Gasteiger partial charge in [-0.05, 0) is 28.1 Å². The first-order valence-electron chi connectivity index (χ1n) is 4.88. The van der Waals surface area contributed by atoms with E-state index >= 15 is 0 Å². The fourth-order valence-corrected chi connectivity index (χ4v) is 1.64. The number of nitrogen functional groups attached to an aromatic ring is 1. The van der Waals surface area contributed by atoms with Gasteiger partial charge in [-0.1, -0.05) is 0 Å². The average Bonchev–Trinajstić information content (AvgIpc) is 2.36. The molecule has 0 aliphatic heterocycles. The second-order valence-corrected chi connectivity index (χ2v) is 4.26. The zero-order valence-electron chi connectivity index (χ0n) is 9.02. The second kappa shape index (κ2) is 5.02. The first-order valence-corrected chi connectivity index (χ1v) is 5.68. The van der Waals surface area contributed by atoms with E-state index in [9.17, 15) is 4.39 Å². The molecule has 0 atom stereocenters. The van der Waals surface area contributed by atoms with Crippen LogP contribution < -0.4 is 10.5 Å². The molecule has 0 aliphatic rings. The minimum Gasteiger partial charge on any atom is -0.437 e. The predicted molar refractivity (Wildman–Crippen MR) is 67.5 cm³/mol. The van der Waals surface area contributed by atoms with Crippen LogP contribution in [0, 0.1) is 17.1 Å². The van der Waals surface area contributed by atoms with Gasteiger partial charge in [0.15, 0.2) is 5.75 Å². The molecule has 1 aromatic heterocycles. The molecular formula is C12H7BrFN3O. The van der Waals surface area contributed by atoms with E-state index in [1.165, 1.54) is 18.3 Å². The van der Waals surface area contributed by atoms with Crippen LogP contribution in [0.4, 0.5) is 10.1 Å². The lowest BCUT2D eigenvalue weighted by Crippen LogP contribution is -1.95. The van der Waals surface area contributed by atoms with Gasteiger partial charge in [-0.15, -0.1) is 0 Å². The van der Waals surface area contributed by atoms with E-state index in [1.54, 1.807) is 6.07 Å². The number of nitriles is 1. The Morgan fingerprint density at radius 3 is 2.89 bits per heavy atom. The van der Waals surface area contributed by atoms with Gasteiger partial charge < -0.3 is 10.5 Å². The molecule has 18 heavy (non-hydrogen) atoms. The highest BCUT2D eigenvalue weighted by Crippen LogP contribution is 2.31. The van der Waals surface area contributed by atoms with Crippen LogP contribution >= 0.6 is 15.9 Å². The molecule has 0 saturated heterocycles. The molecule has 0 fully saturated rings. The van der Waals surface area contributed by atoms with Crippen molar-refractivity contribution >= 4 is 21.6 Å². The summed E-state index contributed by atoms with van der Waals surface area (Å²) in [4.78, 5) is 3.91. The number of nitrogens with zero attached hydrogens (tertiary/aromatic N) is 2. The smallest absolute Gasteiger partial charge is 0.220 e. The summed E-state index contributed by atoms with van der Waals surface area (Å²) in [6.45, 7) is 0. The van der Waals surface area contributed by atoms with Gasteiger partial charge in [-0.2, -0.15) is 5.26 Å². The van der Waals surface area contributed by atoms with Crippen LogP contribution in [0.2, 0.25) is 0 Å². The van der Waals surface area contributed by atoms with E-state index in [0.717, 1.165) is 6.07 Å². The topological polar surface area (TPSA) is 71.9 Å². The Hall–Kier alpha value is -2.13. The number of halogens is 2. The van der Waals surface area contributed by atoms with Gasteiger partial charge in [-0.3, -0.25) is 0 Å². The number of ether oxygens (including phenoxy) is 1. The summed E-state index contributed by atoms with van der Waals surface area (Å²) >= 11 is 3.02. The minimum atomic E-state index is -0.490. The molecule has 0 spiro atoms. The lowest BCUT2D eigenvalue weighted by atomic mass is 10.3. The first-order chi connectivity index (χ1) is 8.60. The number of hydrogen-bond acceptors (Lipinski definition) is 4. The normalized spacial score (nSPS) is 9.83. The van der Waals surface area contributed by atoms with Gasteiger partial charge in [0.2, 0.25) is 5.88 Å². The molecule has 0 aliphatic carbocycles. The summed E-state index contributed by atoms with van der Waals surface area (Å²) in [6.07, 6.45) is 1.43. The van der Waals surface area contributed by atoms with Crippen molar-refractivity contribution in [2.45, 2.75) is 0 Å². The fourth-order valence-electron chi connectivity index (χ4n) is 1.28. The summed E-state index contributed by atoms with van der Waals surface area (Å²) in [5.41, 5.74) is 6.36. The molecular weight excluding hydrogens is 301 g/mol. The molecule has 4 nitrogen and oxygen atoms in total. The monoisotopic (exact) mass is 307 g/mol. The Kier molecular flexibility index (Phi) is 3.44. The van der Waals surface area contributed by atoms with Crippen molar-refractivity contribution in [1.82, 2.24) is 4.98 Å². The van der Waals surface area contributed by atoms with Crippen molar-refractivity contribution in [2.24, 2.45) is 0 Å². The maximum Gasteiger partial charge on any atom is 0.220 e. The summed E-state index contributed by atoms with van der Waals surface area (Å²) < 4.78 is 18.9. The summed E-state index contributed by atoms with van der Waals surface area (Å²) in [5.74, 6) is -0.156. The van der Waals surface area contributed by atoms with Crippen LogP contribution in [0.5, 0.6) is 11.6 Å². The molecule has 0 unspecified atom stereocenters. The standard InChI is InChI=1S/C12H7BrFN3O/c13-8-4-10(16)11(5-9(8)14)18-12-3-7(6-15)1-2-17-12/h1-5H,16H2. The zero-order valence-corrected chi connectivity index (χ0v) is 10.6. The highest BCUT2D eigenvalue weighted by Gasteiger charge is 2.09. The van der Waals surface area contributed by atoms with Crippen LogP contribution in [0.15, 0.2) is 34.9 Å². The number of rotatable bonds is 2. The maximum absolute atomic E-state index is 13.4. The van der Waals surface area contributed by atoms with E-state index in [2.05, 4.69) is 20.9 Å². The van der Waals surface area contributed by atoms with Gasteiger partial charge in [0, 0.05) is 18.3 Å². The van der Waals surface area contributed by atoms with Crippen molar-refractivity contribution in [3.63, 3.8) is 0 Å². The van der Waals surface area contributed by atoms with E-state index in [1.807, 2.05) is 6.07 Å². The number of benzene rings is 1. The molecule has 2 aromatic rings. The molecule has 0 radical (unpaired) electrons. The van der Waals surface area contributed by atoms with Crippen LogP contribution in [0.3, 0.4) is 0 Å². The van der Waals surface area contributed by atoms with Crippen molar-refractivity contribution in [2.75, 3.05) is 5.73 Å². The number of aromatic nitrogens is 1. The summed E-state index contributed by atoms with van der Waals surface area (Å²) in [5, 5.41) is 8.74. The Morgan fingerprint density at radius 1 is 1.39 bits per heavy atom. The predicted octanol–water partition coefficient (Wildman–Crippen LogP) is 3.23. The van der Waals surface area contributed by atoms with Crippen LogP contribution in [0.25, 0.3) is 0 Å². The zero-order chi connectivity index (χ0) is 13.1. The first kappa shape index (κ1) is 12.3. The molecule has 0 amide bonds. The van der Waals surface area contributed by atoms with Gasteiger partial charge in [0.1, 0.15) is 5.82 Å². The largest absolute Gasteiger partial charge is 0.437 e. The average molecular weight is 308 g/mol. The number of anilines is 1. The van der Waals surface area contributed by atoms with E-state index in [4.69, 9.17) is 15.7 Å². The summed E-state index contributed by atoms with van der Waals surface area (Å²) in [6, 6.07) is 7.49. The lowest BCUT2D eigenvalue weighted by Gasteiger charge is -2.08. The lowest BCUT2D eigenvalue weighted by molar-refractivity contribution is 0.460. The molecule has 0 bridgehead atoms. The van der Waals surface area contributed by atoms with Crippen molar-refractivity contribution < 1.29 is 9.13 Å². The molecule has 1 aromatic carbocycles. The van der Waals surface area contributed by atoms with Gasteiger partial charge in [-0.25, -0.2) is 9.37 Å². The third kappa shape index (κ3) is 2.57. The highest BCUT2D eigenvalue weighted by molar-refractivity contribution is 9.10. The number of pyridine rings is 1. The Balaban J connectivity index is 2.34. The minimum absolute atomic E-state index is 0.151. The molecule has 1 heterocycles. The van der Waals surface area contributed by atoms with Crippen LogP contribution in [-0.4, -0.2) is 4.98 Å². The van der Waals surface area contributed by atoms with E-state index in [0.29, 0.717) is 5.56 Å². The summed E-state index contributed by atoms with van der Waals surface area (Å²) in [7, 11) is 0. The van der Waals surface area contributed by atoms with Crippen molar-refractivity contribution in [3.8, 4) is 17.7 Å². The quantitative estimate of drug-likeness (QED) is 0.865. The number of hydrogen-bond donors (Lipinski definition) is 1. The Labute approximate surface area is 111 Å². The van der Waals surface area contributed by atoms with E-state index < -0.39 is 5.82 Å². The van der Waals surface area contributed by atoms with Crippen LogP contribution in [-0.2, 0) is 0 Å². The Morgan fingerprint density at radius 2 is 2.17 bits per heavy atom. The van der Waals surface area contributed by atoms with E-state index in [-0.39, 0.29) is 21.8 Å². The molecule has 2 rings (SSSR count). The van der Waals surface area contributed by atoms with Gasteiger partial charge in [0.05, 0.1) is 21.8 Å².